The van der Waals surface area contributed by atoms with Gasteiger partial charge in [0.1, 0.15) is 0 Å². The molecule has 0 aliphatic carbocycles. The van der Waals surface area contributed by atoms with Gasteiger partial charge in [-0.05, 0) is 48.4 Å². The Balaban J connectivity index is 2.04. The molecule has 0 saturated carbocycles. The second-order valence-electron chi connectivity index (χ2n) is 5.11. The Bertz CT molecular complexity index is 799. The molecule has 0 radical (unpaired) electrons. The SMILES string of the molecule is Cc1cc(NC(=O)Cc2ccc(S(C)(=O)=O)cc2)ccc1Br. The fourth-order valence-corrected chi connectivity index (χ4v) is 2.84. The molecule has 0 unspecified atom stereocenters. The van der Waals surface area contributed by atoms with Crippen LogP contribution >= 0.6 is 15.9 Å². The Hall–Kier alpha value is -1.66. The maximum Gasteiger partial charge on any atom is 0.228 e. The first-order chi connectivity index (χ1) is 10.3. The lowest BCUT2D eigenvalue weighted by Crippen LogP contribution is -2.14. The summed E-state index contributed by atoms with van der Waals surface area (Å²) in [5.41, 5.74) is 2.53. The maximum absolute atomic E-state index is 12.0. The van der Waals surface area contributed by atoms with Gasteiger partial charge in [0.15, 0.2) is 9.84 Å². The summed E-state index contributed by atoms with van der Waals surface area (Å²) in [6, 6.07) is 11.9. The van der Waals surface area contributed by atoms with Gasteiger partial charge in [-0.1, -0.05) is 28.1 Å². The molecule has 116 valence electrons. The highest BCUT2D eigenvalue weighted by Crippen LogP contribution is 2.20. The first-order valence-corrected chi connectivity index (χ1v) is 9.29. The minimum absolute atomic E-state index is 0.145. The van der Waals surface area contributed by atoms with Gasteiger partial charge >= 0.3 is 0 Å². The highest BCUT2D eigenvalue weighted by atomic mass is 79.9. The predicted molar refractivity (Wildman–Crippen MR) is 90.8 cm³/mol. The average Bonchev–Trinajstić information content (AvgIpc) is 2.42. The van der Waals surface area contributed by atoms with Gasteiger partial charge in [-0.2, -0.15) is 0 Å². The minimum atomic E-state index is -3.21. The molecule has 2 rings (SSSR count). The Morgan fingerprint density at radius 1 is 1.14 bits per heavy atom. The Labute approximate surface area is 138 Å². The zero-order valence-electron chi connectivity index (χ0n) is 12.3. The van der Waals surface area contributed by atoms with E-state index < -0.39 is 9.84 Å². The highest BCUT2D eigenvalue weighted by Gasteiger charge is 2.09. The molecule has 0 saturated heterocycles. The molecule has 22 heavy (non-hydrogen) atoms. The molecule has 0 aliphatic rings. The fraction of sp³-hybridized carbons (Fsp3) is 0.188. The van der Waals surface area contributed by atoms with Crippen molar-refractivity contribution in [2.24, 2.45) is 0 Å². The first kappa shape index (κ1) is 16.7. The summed E-state index contributed by atoms with van der Waals surface area (Å²) in [5.74, 6) is -0.145. The van der Waals surface area contributed by atoms with Crippen LogP contribution in [0.4, 0.5) is 5.69 Å². The summed E-state index contributed by atoms with van der Waals surface area (Å²) in [6.45, 7) is 1.95. The summed E-state index contributed by atoms with van der Waals surface area (Å²) >= 11 is 3.41. The molecule has 0 aliphatic heterocycles. The molecule has 0 fully saturated rings. The summed E-state index contributed by atoms with van der Waals surface area (Å²) in [4.78, 5) is 12.3. The van der Waals surface area contributed by atoms with E-state index in [1.54, 1.807) is 12.1 Å². The van der Waals surface area contributed by atoms with Crippen molar-refractivity contribution in [3.63, 3.8) is 0 Å². The van der Waals surface area contributed by atoms with Gasteiger partial charge in [-0.25, -0.2) is 8.42 Å². The number of amides is 1. The molecular weight excluding hydrogens is 366 g/mol. The molecule has 0 heterocycles. The third-order valence-electron chi connectivity index (χ3n) is 3.16. The Kier molecular flexibility index (Phi) is 5.03. The second kappa shape index (κ2) is 6.62. The molecule has 1 amide bonds. The zero-order valence-corrected chi connectivity index (χ0v) is 14.7. The smallest absolute Gasteiger partial charge is 0.228 e. The van der Waals surface area contributed by atoms with Crippen LogP contribution in [0.15, 0.2) is 51.8 Å². The molecular formula is C16H16BrNO3S. The number of carbonyl (C=O) groups is 1. The van der Waals surface area contributed by atoms with E-state index in [1.165, 1.54) is 12.1 Å². The average molecular weight is 382 g/mol. The van der Waals surface area contributed by atoms with Crippen LogP contribution in [0.1, 0.15) is 11.1 Å². The Morgan fingerprint density at radius 2 is 1.77 bits per heavy atom. The third-order valence-corrected chi connectivity index (χ3v) is 5.18. The number of hydrogen-bond donors (Lipinski definition) is 1. The maximum atomic E-state index is 12.0. The lowest BCUT2D eigenvalue weighted by molar-refractivity contribution is -0.115. The van der Waals surface area contributed by atoms with Gasteiger partial charge in [0, 0.05) is 16.4 Å². The van der Waals surface area contributed by atoms with Crippen molar-refractivity contribution in [3.05, 3.63) is 58.1 Å². The lowest BCUT2D eigenvalue weighted by Gasteiger charge is -2.07. The molecule has 1 N–H and O–H groups in total. The number of aryl methyl sites for hydroxylation is 1. The molecule has 0 bridgehead atoms. The molecule has 6 heteroatoms. The summed E-state index contributed by atoms with van der Waals surface area (Å²) in [7, 11) is -3.21. The van der Waals surface area contributed by atoms with Crippen LogP contribution in [-0.4, -0.2) is 20.6 Å². The highest BCUT2D eigenvalue weighted by molar-refractivity contribution is 9.10. The first-order valence-electron chi connectivity index (χ1n) is 6.61. The molecule has 0 aromatic heterocycles. The molecule has 0 spiro atoms. The van der Waals surface area contributed by atoms with E-state index in [-0.39, 0.29) is 17.2 Å². The topological polar surface area (TPSA) is 63.2 Å². The normalized spacial score (nSPS) is 11.2. The third kappa shape index (κ3) is 4.42. The Morgan fingerprint density at radius 3 is 2.32 bits per heavy atom. The monoisotopic (exact) mass is 381 g/mol. The van der Waals surface area contributed by atoms with Gasteiger partial charge in [0.2, 0.25) is 5.91 Å². The standard InChI is InChI=1S/C16H16BrNO3S/c1-11-9-13(5-8-15(11)17)18-16(19)10-12-3-6-14(7-4-12)22(2,20)21/h3-9H,10H2,1-2H3,(H,18,19). The van der Waals surface area contributed by atoms with E-state index in [1.807, 2.05) is 25.1 Å². The van der Waals surface area contributed by atoms with Crippen LogP contribution in [0.2, 0.25) is 0 Å². The number of benzene rings is 2. The van der Waals surface area contributed by atoms with Crippen LogP contribution in [0.5, 0.6) is 0 Å². The van der Waals surface area contributed by atoms with E-state index in [2.05, 4.69) is 21.2 Å². The largest absolute Gasteiger partial charge is 0.326 e. The number of halogens is 1. The number of nitrogens with one attached hydrogen (secondary N) is 1. The van der Waals surface area contributed by atoms with Gasteiger partial charge in [-0.15, -0.1) is 0 Å². The van der Waals surface area contributed by atoms with Crippen molar-refractivity contribution in [2.45, 2.75) is 18.2 Å². The number of rotatable bonds is 4. The van der Waals surface area contributed by atoms with Crippen LogP contribution in [0, 0.1) is 6.92 Å². The fourth-order valence-electron chi connectivity index (χ4n) is 1.97. The van der Waals surface area contributed by atoms with Crippen molar-refractivity contribution in [1.82, 2.24) is 0 Å². The van der Waals surface area contributed by atoms with E-state index in [4.69, 9.17) is 0 Å². The van der Waals surface area contributed by atoms with Gasteiger partial charge < -0.3 is 5.32 Å². The summed E-state index contributed by atoms with van der Waals surface area (Å²) in [6.07, 6.45) is 1.35. The van der Waals surface area contributed by atoms with Crippen LogP contribution in [-0.2, 0) is 21.1 Å². The molecule has 0 atom stereocenters. The van der Waals surface area contributed by atoms with E-state index >= 15 is 0 Å². The zero-order chi connectivity index (χ0) is 16.3. The van der Waals surface area contributed by atoms with Gasteiger partial charge in [0.25, 0.3) is 0 Å². The lowest BCUT2D eigenvalue weighted by atomic mass is 10.1. The van der Waals surface area contributed by atoms with Gasteiger partial charge in [-0.3, -0.25) is 4.79 Å². The minimum Gasteiger partial charge on any atom is -0.326 e. The van der Waals surface area contributed by atoms with Crippen molar-refractivity contribution >= 4 is 37.4 Å². The predicted octanol–water partition coefficient (Wildman–Crippen LogP) is 3.34. The van der Waals surface area contributed by atoms with Crippen molar-refractivity contribution in [1.29, 1.82) is 0 Å². The molecule has 2 aromatic carbocycles. The second-order valence-corrected chi connectivity index (χ2v) is 7.98. The summed E-state index contributed by atoms with van der Waals surface area (Å²) in [5, 5.41) is 2.83. The number of sulfone groups is 1. The van der Waals surface area contributed by atoms with E-state index in [0.29, 0.717) is 0 Å². The van der Waals surface area contributed by atoms with E-state index in [0.717, 1.165) is 27.5 Å². The van der Waals surface area contributed by atoms with Crippen LogP contribution in [0.25, 0.3) is 0 Å². The van der Waals surface area contributed by atoms with Crippen LogP contribution in [0.3, 0.4) is 0 Å². The molecule has 2 aromatic rings. The van der Waals surface area contributed by atoms with Crippen molar-refractivity contribution in [3.8, 4) is 0 Å². The van der Waals surface area contributed by atoms with Crippen molar-refractivity contribution in [2.75, 3.05) is 11.6 Å². The van der Waals surface area contributed by atoms with Gasteiger partial charge in [0.05, 0.1) is 11.3 Å². The van der Waals surface area contributed by atoms with E-state index in [9.17, 15) is 13.2 Å². The quantitative estimate of drug-likeness (QED) is 0.882. The number of hydrogen-bond acceptors (Lipinski definition) is 3. The van der Waals surface area contributed by atoms with Crippen LogP contribution < -0.4 is 5.32 Å². The number of anilines is 1. The van der Waals surface area contributed by atoms with Crippen molar-refractivity contribution < 1.29 is 13.2 Å². The summed E-state index contributed by atoms with van der Waals surface area (Å²) < 4.78 is 23.8. The molecule has 4 nitrogen and oxygen atoms in total. The number of carbonyl (C=O) groups excluding carboxylic acids is 1.